The molecule has 0 aromatic heterocycles. The Morgan fingerprint density at radius 2 is 1.78 bits per heavy atom. The molecule has 0 spiro atoms. The van der Waals surface area contributed by atoms with E-state index >= 15 is 0 Å². The minimum absolute atomic E-state index is 0.180. The number of benzene rings is 2. The number of thioether (sulfide) groups is 1. The third-order valence-electron chi connectivity index (χ3n) is 3.23. The highest BCUT2D eigenvalue weighted by Crippen LogP contribution is 2.23. The summed E-state index contributed by atoms with van der Waals surface area (Å²) in [5, 5.41) is 3.80. The zero-order valence-electron chi connectivity index (χ0n) is 12.3. The Balaban J connectivity index is 1.59. The van der Waals surface area contributed by atoms with Gasteiger partial charge in [-0.15, -0.1) is 0 Å². The number of hydrogen-bond acceptors (Lipinski definition) is 5. The average molecular weight is 348 g/mol. The van der Waals surface area contributed by atoms with Crippen LogP contribution in [0, 0.1) is 0 Å². The van der Waals surface area contributed by atoms with Gasteiger partial charge in [-0.05, 0) is 42.0 Å². The van der Waals surface area contributed by atoms with Crippen LogP contribution < -0.4 is 9.57 Å². The van der Waals surface area contributed by atoms with Gasteiger partial charge in [0.1, 0.15) is 11.9 Å². The Morgan fingerprint density at radius 1 is 1.09 bits per heavy atom. The van der Waals surface area contributed by atoms with Crippen molar-refractivity contribution in [3.8, 4) is 5.75 Å². The molecule has 23 heavy (non-hydrogen) atoms. The van der Waals surface area contributed by atoms with Crippen LogP contribution in [0.3, 0.4) is 0 Å². The maximum absolute atomic E-state index is 12.0. The van der Waals surface area contributed by atoms with Crippen LogP contribution in [0.15, 0.2) is 64.6 Å². The topological polar surface area (TPSA) is 67.8 Å². The van der Waals surface area contributed by atoms with Gasteiger partial charge in [0, 0.05) is 11.5 Å². The van der Waals surface area contributed by atoms with Crippen LogP contribution in [-0.2, 0) is 10.0 Å². The predicted molar refractivity (Wildman–Crippen MR) is 92.5 cm³/mol. The first-order chi connectivity index (χ1) is 11.1. The van der Waals surface area contributed by atoms with Gasteiger partial charge < -0.3 is 4.74 Å². The van der Waals surface area contributed by atoms with E-state index in [1.165, 1.54) is 18.3 Å². The molecule has 1 saturated heterocycles. The number of rotatable bonds is 6. The molecule has 0 amide bonds. The van der Waals surface area contributed by atoms with Gasteiger partial charge in [-0.1, -0.05) is 18.2 Å². The van der Waals surface area contributed by atoms with Crippen LogP contribution in [0.1, 0.15) is 5.56 Å². The summed E-state index contributed by atoms with van der Waals surface area (Å²) in [6, 6.07) is 15.5. The summed E-state index contributed by atoms with van der Waals surface area (Å²) in [5.41, 5.74) is 0.788. The molecule has 1 aliphatic heterocycles. The van der Waals surface area contributed by atoms with Gasteiger partial charge in [0.05, 0.1) is 11.1 Å². The first kappa shape index (κ1) is 15.9. The van der Waals surface area contributed by atoms with Crippen LogP contribution in [0.2, 0.25) is 0 Å². The van der Waals surface area contributed by atoms with Gasteiger partial charge in [0.2, 0.25) is 0 Å². The molecule has 120 valence electrons. The molecule has 0 radical (unpaired) electrons. The normalized spacial score (nSPS) is 15.3. The van der Waals surface area contributed by atoms with Crippen molar-refractivity contribution in [1.82, 2.24) is 4.83 Å². The summed E-state index contributed by atoms with van der Waals surface area (Å²) in [5.74, 6) is 2.88. The molecule has 0 atom stereocenters. The quantitative estimate of drug-likeness (QED) is 0.643. The fourth-order valence-corrected chi connectivity index (χ4v) is 3.31. The van der Waals surface area contributed by atoms with Crippen molar-refractivity contribution in [3.63, 3.8) is 0 Å². The Bertz CT molecular complexity index is 771. The van der Waals surface area contributed by atoms with Crippen molar-refractivity contribution >= 4 is 28.0 Å². The van der Waals surface area contributed by atoms with Crippen molar-refractivity contribution in [3.05, 3.63) is 60.2 Å². The SMILES string of the molecule is O=S(=O)(N/N=C\c1ccc(OC2CSC2)cc1)c1ccccc1. The van der Waals surface area contributed by atoms with Crippen LogP contribution in [0.25, 0.3) is 0 Å². The molecular formula is C16H16N2O3S2. The zero-order chi connectivity index (χ0) is 16.1. The highest BCUT2D eigenvalue weighted by atomic mass is 32.2. The van der Waals surface area contributed by atoms with Crippen LogP contribution in [0.4, 0.5) is 0 Å². The second-order valence-corrected chi connectivity index (χ2v) is 7.75. The largest absolute Gasteiger partial charge is 0.489 e. The molecule has 3 rings (SSSR count). The average Bonchev–Trinajstić information content (AvgIpc) is 2.53. The number of nitrogens with one attached hydrogen (secondary N) is 1. The second-order valence-electron chi connectivity index (χ2n) is 5.01. The van der Waals surface area contributed by atoms with Crippen molar-refractivity contribution < 1.29 is 13.2 Å². The van der Waals surface area contributed by atoms with E-state index in [4.69, 9.17) is 4.74 Å². The summed E-state index contributed by atoms with van der Waals surface area (Å²) in [6.07, 6.45) is 1.76. The van der Waals surface area contributed by atoms with Crippen LogP contribution >= 0.6 is 11.8 Å². The van der Waals surface area contributed by atoms with E-state index in [0.29, 0.717) is 6.10 Å². The van der Waals surface area contributed by atoms with Crippen molar-refractivity contribution in [1.29, 1.82) is 0 Å². The highest BCUT2D eigenvalue weighted by molar-refractivity contribution is 8.00. The Hall–Kier alpha value is -1.99. The predicted octanol–water partition coefficient (Wildman–Crippen LogP) is 2.49. The summed E-state index contributed by atoms with van der Waals surface area (Å²) in [7, 11) is -3.63. The standard InChI is InChI=1S/C16H16N2O3S2/c19-23(20,16-4-2-1-3-5-16)18-17-10-13-6-8-14(9-7-13)21-15-11-22-12-15/h1-10,15,18H,11-12H2/b17-10-. The first-order valence-electron chi connectivity index (χ1n) is 7.08. The monoisotopic (exact) mass is 348 g/mol. The number of sulfonamides is 1. The molecule has 0 bridgehead atoms. The molecule has 0 saturated carbocycles. The highest BCUT2D eigenvalue weighted by Gasteiger charge is 2.19. The summed E-state index contributed by atoms with van der Waals surface area (Å²) >= 11 is 1.87. The molecule has 1 fully saturated rings. The van der Waals surface area contributed by atoms with E-state index in [2.05, 4.69) is 9.93 Å². The first-order valence-corrected chi connectivity index (χ1v) is 9.72. The van der Waals surface area contributed by atoms with E-state index in [1.54, 1.807) is 18.2 Å². The van der Waals surface area contributed by atoms with E-state index in [-0.39, 0.29) is 4.90 Å². The maximum atomic E-state index is 12.0. The maximum Gasteiger partial charge on any atom is 0.276 e. The third kappa shape index (κ3) is 4.27. The van der Waals surface area contributed by atoms with Crippen molar-refractivity contribution in [2.75, 3.05) is 11.5 Å². The van der Waals surface area contributed by atoms with Crippen molar-refractivity contribution in [2.24, 2.45) is 5.10 Å². The van der Waals surface area contributed by atoms with Gasteiger partial charge in [-0.25, -0.2) is 4.83 Å². The Kier molecular flexibility index (Phi) is 4.88. The minimum atomic E-state index is -3.63. The smallest absolute Gasteiger partial charge is 0.276 e. The summed E-state index contributed by atoms with van der Waals surface area (Å²) in [4.78, 5) is 2.38. The summed E-state index contributed by atoms with van der Waals surface area (Å²) < 4.78 is 29.7. The van der Waals surface area contributed by atoms with Crippen LogP contribution in [0.5, 0.6) is 5.75 Å². The lowest BCUT2D eigenvalue weighted by atomic mass is 10.2. The van der Waals surface area contributed by atoms with Gasteiger partial charge in [0.25, 0.3) is 10.0 Å². The van der Waals surface area contributed by atoms with E-state index in [1.807, 2.05) is 36.0 Å². The third-order valence-corrected chi connectivity index (χ3v) is 5.68. The zero-order valence-corrected chi connectivity index (χ0v) is 13.9. The molecule has 5 nitrogen and oxygen atoms in total. The second kappa shape index (κ2) is 7.06. The van der Waals surface area contributed by atoms with Gasteiger partial charge in [-0.2, -0.15) is 25.3 Å². The molecule has 2 aromatic carbocycles. The molecule has 2 aromatic rings. The number of hydrazone groups is 1. The molecule has 0 unspecified atom stereocenters. The lowest BCUT2D eigenvalue weighted by molar-refractivity contribution is 0.240. The molecular weight excluding hydrogens is 332 g/mol. The number of hydrogen-bond donors (Lipinski definition) is 1. The fourth-order valence-electron chi connectivity index (χ4n) is 1.93. The van der Waals surface area contributed by atoms with Gasteiger partial charge in [0.15, 0.2) is 0 Å². The Labute approximate surface area is 139 Å². The molecule has 1 aliphatic rings. The molecule has 1 N–H and O–H groups in total. The summed E-state index contributed by atoms with van der Waals surface area (Å²) in [6.45, 7) is 0. The van der Waals surface area contributed by atoms with E-state index in [9.17, 15) is 8.42 Å². The number of ether oxygens (including phenoxy) is 1. The molecule has 0 aliphatic carbocycles. The fraction of sp³-hybridized carbons (Fsp3) is 0.188. The van der Waals surface area contributed by atoms with Gasteiger partial charge in [-0.3, -0.25) is 0 Å². The Morgan fingerprint density at radius 3 is 2.39 bits per heavy atom. The minimum Gasteiger partial charge on any atom is -0.489 e. The lowest BCUT2D eigenvalue weighted by Gasteiger charge is -2.25. The van der Waals surface area contributed by atoms with Crippen LogP contribution in [-0.4, -0.2) is 32.2 Å². The van der Waals surface area contributed by atoms with E-state index < -0.39 is 10.0 Å². The van der Waals surface area contributed by atoms with Gasteiger partial charge >= 0.3 is 0 Å². The lowest BCUT2D eigenvalue weighted by Crippen LogP contribution is -2.30. The molecule has 7 heteroatoms. The van der Waals surface area contributed by atoms with Crippen molar-refractivity contribution in [2.45, 2.75) is 11.0 Å². The van der Waals surface area contributed by atoms with E-state index in [0.717, 1.165) is 22.8 Å². The number of nitrogens with zero attached hydrogens (tertiary/aromatic N) is 1. The molecule has 1 heterocycles.